The summed E-state index contributed by atoms with van der Waals surface area (Å²) in [5, 5.41) is 1.22. The number of para-hydroxylation sites is 2. The molecule has 2 heteroatoms. The van der Waals surface area contributed by atoms with Crippen molar-refractivity contribution in [1.29, 1.82) is 0 Å². The summed E-state index contributed by atoms with van der Waals surface area (Å²) in [7, 11) is 0. The van der Waals surface area contributed by atoms with Crippen LogP contribution < -0.4 is 4.90 Å². The first kappa shape index (κ1) is 15.6. The zero-order valence-electron chi connectivity index (χ0n) is 14.7. The molecule has 1 aliphatic heterocycles. The normalized spacial score (nSPS) is 15.4. The van der Waals surface area contributed by atoms with Gasteiger partial charge in [-0.05, 0) is 54.3 Å². The molecule has 1 aromatic heterocycles. The molecule has 0 saturated heterocycles. The number of benzene rings is 2. The standard InChI is InChI=1S/C23H22N2/c1-3-17(18-13-15-24-22-11-7-5-9-20(18)22)19-14-16-25(4-2)23-12-8-6-10-21(19)23/h5-16H,3-4H2,1-2H3. The SMILES string of the molecule is CCC(=C1C=CN(CC)c2ccccc21)c1ccnc2ccccc12. The predicted octanol–water partition coefficient (Wildman–Crippen LogP) is 5.91. The Morgan fingerprint density at radius 3 is 2.60 bits per heavy atom. The monoisotopic (exact) mass is 326 g/mol. The Kier molecular flexibility index (Phi) is 4.10. The minimum absolute atomic E-state index is 0.973. The molecule has 0 N–H and O–H groups in total. The van der Waals surface area contributed by atoms with Crippen molar-refractivity contribution in [3.8, 4) is 0 Å². The summed E-state index contributed by atoms with van der Waals surface area (Å²) in [6.45, 7) is 5.40. The van der Waals surface area contributed by atoms with Gasteiger partial charge in [-0.15, -0.1) is 0 Å². The van der Waals surface area contributed by atoms with Crippen molar-refractivity contribution in [2.24, 2.45) is 0 Å². The van der Waals surface area contributed by atoms with Crippen LogP contribution in [0.2, 0.25) is 0 Å². The second-order valence-electron chi connectivity index (χ2n) is 6.24. The molecule has 0 radical (unpaired) electrons. The van der Waals surface area contributed by atoms with Gasteiger partial charge in [0, 0.05) is 35.6 Å². The lowest BCUT2D eigenvalue weighted by Gasteiger charge is -2.28. The highest BCUT2D eigenvalue weighted by molar-refractivity contribution is 6.05. The lowest BCUT2D eigenvalue weighted by Crippen LogP contribution is -2.19. The number of pyridine rings is 1. The van der Waals surface area contributed by atoms with Crippen molar-refractivity contribution in [3.63, 3.8) is 0 Å². The fourth-order valence-corrected chi connectivity index (χ4v) is 3.71. The van der Waals surface area contributed by atoms with Crippen LogP contribution in [0.25, 0.3) is 22.0 Å². The summed E-state index contributed by atoms with van der Waals surface area (Å²) in [6, 6.07) is 19.2. The molecule has 2 aromatic carbocycles. The lowest BCUT2D eigenvalue weighted by atomic mass is 9.89. The summed E-state index contributed by atoms with van der Waals surface area (Å²) < 4.78 is 0. The van der Waals surface area contributed by atoms with Gasteiger partial charge >= 0.3 is 0 Å². The molecule has 3 aromatic rings. The Morgan fingerprint density at radius 1 is 0.960 bits per heavy atom. The van der Waals surface area contributed by atoms with Gasteiger partial charge in [-0.1, -0.05) is 43.3 Å². The maximum absolute atomic E-state index is 4.52. The third-order valence-electron chi connectivity index (χ3n) is 4.92. The topological polar surface area (TPSA) is 16.1 Å². The van der Waals surface area contributed by atoms with Crippen molar-refractivity contribution in [3.05, 3.63) is 84.2 Å². The Morgan fingerprint density at radius 2 is 1.76 bits per heavy atom. The van der Waals surface area contributed by atoms with E-state index in [0.29, 0.717) is 0 Å². The second kappa shape index (κ2) is 6.56. The minimum Gasteiger partial charge on any atom is -0.348 e. The van der Waals surface area contributed by atoms with Crippen molar-refractivity contribution in [2.75, 3.05) is 11.4 Å². The van der Waals surface area contributed by atoms with E-state index in [0.717, 1.165) is 18.5 Å². The first-order chi connectivity index (χ1) is 12.3. The maximum Gasteiger partial charge on any atom is 0.0708 e. The molecule has 0 aliphatic carbocycles. The molecule has 0 spiro atoms. The number of anilines is 1. The van der Waals surface area contributed by atoms with E-state index in [1.54, 1.807) is 0 Å². The Labute approximate surface area is 149 Å². The maximum atomic E-state index is 4.52. The van der Waals surface area contributed by atoms with Gasteiger partial charge in [0.25, 0.3) is 0 Å². The second-order valence-corrected chi connectivity index (χ2v) is 6.24. The summed E-state index contributed by atoms with van der Waals surface area (Å²) in [4.78, 5) is 6.83. The van der Waals surface area contributed by atoms with Gasteiger partial charge in [0.05, 0.1) is 5.52 Å². The molecule has 124 valence electrons. The number of hydrogen-bond donors (Lipinski definition) is 0. The zero-order chi connectivity index (χ0) is 17.2. The van der Waals surface area contributed by atoms with Gasteiger partial charge < -0.3 is 4.90 Å². The number of hydrogen-bond acceptors (Lipinski definition) is 2. The lowest BCUT2D eigenvalue weighted by molar-refractivity contribution is 1.01. The highest BCUT2D eigenvalue weighted by Crippen LogP contribution is 2.39. The van der Waals surface area contributed by atoms with Crippen molar-refractivity contribution in [1.82, 2.24) is 4.98 Å². The summed E-state index contributed by atoms with van der Waals surface area (Å²) >= 11 is 0. The van der Waals surface area contributed by atoms with E-state index in [1.165, 1.54) is 33.3 Å². The minimum atomic E-state index is 0.973. The van der Waals surface area contributed by atoms with Crippen molar-refractivity contribution < 1.29 is 0 Å². The Balaban J connectivity index is 1.99. The molecule has 2 heterocycles. The molecule has 0 amide bonds. The molecule has 4 rings (SSSR count). The van der Waals surface area contributed by atoms with Gasteiger partial charge in [0.2, 0.25) is 0 Å². The number of aromatic nitrogens is 1. The molecule has 0 fully saturated rings. The largest absolute Gasteiger partial charge is 0.348 e. The molecule has 1 aliphatic rings. The molecule has 0 atom stereocenters. The smallest absolute Gasteiger partial charge is 0.0708 e. The Bertz CT molecular complexity index is 977. The highest BCUT2D eigenvalue weighted by atomic mass is 15.1. The molecule has 0 bridgehead atoms. The van der Waals surface area contributed by atoms with E-state index in [1.807, 2.05) is 12.3 Å². The first-order valence-electron chi connectivity index (χ1n) is 8.95. The molecule has 2 nitrogen and oxygen atoms in total. The van der Waals surface area contributed by atoms with E-state index >= 15 is 0 Å². The predicted molar refractivity (Wildman–Crippen MR) is 107 cm³/mol. The number of nitrogens with zero attached hydrogens (tertiary/aromatic N) is 2. The van der Waals surface area contributed by atoms with Crippen LogP contribution in [0.5, 0.6) is 0 Å². The fraction of sp³-hybridized carbons (Fsp3) is 0.174. The highest BCUT2D eigenvalue weighted by Gasteiger charge is 2.18. The number of allylic oxidation sites excluding steroid dienone is 3. The number of rotatable bonds is 3. The average Bonchev–Trinajstić information content (AvgIpc) is 2.69. The summed E-state index contributed by atoms with van der Waals surface area (Å²) in [5.41, 5.74) is 7.62. The van der Waals surface area contributed by atoms with Crippen molar-refractivity contribution >= 4 is 27.7 Å². The number of fused-ring (bicyclic) bond motifs is 2. The van der Waals surface area contributed by atoms with E-state index in [9.17, 15) is 0 Å². The fourth-order valence-electron chi connectivity index (χ4n) is 3.71. The van der Waals surface area contributed by atoms with E-state index in [-0.39, 0.29) is 0 Å². The average molecular weight is 326 g/mol. The molecule has 0 unspecified atom stereocenters. The van der Waals surface area contributed by atoms with Crippen LogP contribution in [0.15, 0.2) is 73.1 Å². The molecular weight excluding hydrogens is 304 g/mol. The van der Waals surface area contributed by atoms with Crippen LogP contribution in [-0.4, -0.2) is 11.5 Å². The van der Waals surface area contributed by atoms with E-state index < -0.39 is 0 Å². The zero-order valence-corrected chi connectivity index (χ0v) is 14.7. The van der Waals surface area contributed by atoms with E-state index in [4.69, 9.17) is 0 Å². The third kappa shape index (κ3) is 2.64. The van der Waals surface area contributed by atoms with Gasteiger partial charge in [0.15, 0.2) is 0 Å². The van der Waals surface area contributed by atoms with Crippen LogP contribution in [0.4, 0.5) is 5.69 Å². The van der Waals surface area contributed by atoms with Gasteiger partial charge in [-0.25, -0.2) is 0 Å². The molecule has 25 heavy (non-hydrogen) atoms. The molecule has 0 saturated carbocycles. The quantitative estimate of drug-likeness (QED) is 0.595. The van der Waals surface area contributed by atoms with Crippen LogP contribution in [0.1, 0.15) is 31.4 Å². The van der Waals surface area contributed by atoms with Crippen molar-refractivity contribution in [2.45, 2.75) is 20.3 Å². The van der Waals surface area contributed by atoms with Gasteiger partial charge in [-0.3, -0.25) is 4.98 Å². The summed E-state index contributed by atoms with van der Waals surface area (Å²) in [6.07, 6.45) is 7.37. The van der Waals surface area contributed by atoms with Crippen LogP contribution in [0, 0.1) is 0 Å². The Hall–Kier alpha value is -2.87. The molecular formula is C23H22N2. The van der Waals surface area contributed by atoms with Gasteiger partial charge in [-0.2, -0.15) is 0 Å². The van der Waals surface area contributed by atoms with Crippen LogP contribution >= 0.6 is 0 Å². The summed E-state index contributed by atoms with van der Waals surface area (Å²) in [5.74, 6) is 0. The van der Waals surface area contributed by atoms with Crippen LogP contribution in [-0.2, 0) is 0 Å². The van der Waals surface area contributed by atoms with Gasteiger partial charge in [0.1, 0.15) is 0 Å². The first-order valence-corrected chi connectivity index (χ1v) is 8.95. The van der Waals surface area contributed by atoms with E-state index in [2.05, 4.69) is 84.5 Å². The third-order valence-corrected chi connectivity index (χ3v) is 4.92. The van der Waals surface area contributed by atoms with Crippen LogP contribution in [0.3, 0.4) is 0 Å².